The second-order valence-electron chi connectivity index (χ2n) is 5.82. The number of rotatable bonds is 9. The SMILES string of the molecule is C=CCCCCCCC1CN1S(=O)(=O)c1ccc(C)cc1. The molecule has 0 N–H and O–H groups in total. The van der Waals surface area contributed by atoms with Crippen LogP contribution in [0.4, 0.5) is 0 Å². The summed E-state index contributed by atoms with van der Waals surface area (Å²) in [5.74, 6) is 0. The molecule has 2 rings (SSSR count). The minimum Gasteiger partial charge on any atom is -0.207 e. The second kappa shape index (κ2) is 7.23. The summed E-state index contributed by atoms with van der Waals surface area (Å²) >= 11 is 0. The zero-order valence-corrected chi connectivity index (χ0v) is 13.6. The Hall–Kier alpha value is -1.13. The Balaban J connectivity index is 1.77. The molecule has 0 radical (unpaired) electrons. The highest BCUT2D eigenvalue weighted by molar-refractivity contribution is 7.89. The van der Waals surface area contributed by atoms with Crippen LogP contribution < -0.4 is 0 Å². The van der Waals surface area contributed by atoms with Crippen LogP contribution in [0.25, 0.3) is 0 Å². The Labute approximate surface area is 128 Å². The third kappa shape index (κ3) is 4.42. The van der Waals surface area contributed by atoms with Crippen molar-refractivity contribution in [3.63, 3.8) is 0 Å². The predicted octanol–water partition coefficient (Wildman–Crippen LogP) is 3.89. The molecule has 116 valence electrons. The molecule has 0 bridgehead atoms. The Morgan fingerprint density at radius 2 is 1.86 bits per heavy atom. The Bertz CT molecular complexity index is 563. The first kappa shape index (κ1) is 16.2. The smallest absolute Gasteiger partial charge is 0.207 e. The van der Waals surface area contributed by atoms with E-state index in [9.17, 15) is 8.42 Å². The number of hydrogen-bond donors (Lipinski definition) is 0. The van der Waals surface area contributed by atoms with Gasteiger partial charge in [-0.3, -0.25) is 0 Å². The van der Waals surface area contributed by atoms with E-state index in [1.807, 2.05) is 25.1 Å². The largest absolute Gasteiger partial charge is 0.243 e. The topological polar surface area (TPSA) is 37.1 Å². The van der Waals surface area contributed by atoms with Crippen LogP contribution in [0.1, 0.15) is 44.1 Å². The number of benzene rings is 1. The van der Waals surface area contributed by atoms with Crippen molar-refractivity contribution in [2.24, 2.45) is 0 Å². The lowest BCUT2D eigenvalue weighted by atomic mass is 10.1. The van der Waals surface area contributed by atoms with Crippen LogP contribution in [0.5, 0.6) is 0 Å². The number of allylic oxidation sites excluding steroid dienone is 1. The third-order valence-corrected chi connectivity index (χ3v) is 5.92. The molecule has 0 saturated carbocycles. The van der Waals surface area contributed by atoms with E-state index < -0.39 is 10.0 Å². The van der Waals surface area contributed by atoms with Crippen molar-refractivity contribution in [1.82, 2.24) is 4.31 Å². The lowest BCUT2D eigenvalue weighted by molar-refractivity contribution is 0.536. The van der Waals surface area contributed by atoms with E-state index in [0.29, 0.717) is 11.4 Å². The van der Waals surface area contributed by atoms with Gasteiger partial charge in [0.1, 0.15) is 0 Å². The fraction of sp³-hybridized carbons (Fsp3) is 0.529. The van der Waals surface area contributed by atoms with Crippen LogP contribution in [-0.4, -0.2) is 25.3 Å². The fourth-order valence-electron chi connectivity index (χ4n) is 2.56. The molecule has 1 fully saturated rings. The molecule has 21 heavy (non-hydrogen) atoms. The van der Waals surface area contributed by atoms with Gasteiger partial charge in [-0.1, -0.05) is 43.0 Å². The fourth-order valence-corrected chi connectivity index (χ4v) is 4.18. The molecule has 0 spiro atoms. The molecule has 0 amide bonds. The molecule has 4 heteroatoms. The highest BCUT2D eigenvalue weighted by Gasteiger charge is 2.43. The van der Waals surface area contributed by atoms with E-state index in [1.165, 1.54) is 19.3 Å². The molecule has 2 atom stereocenters. The molecule has 0 aliphatic carbocycles. The zero-order chi connectivity index (χ0) is 15.3. The molecule has 2 unspecified atom stereocenters. The quantitative estimate of drug-likeness (QED) is 0.394. The molecule has 1 aliphatic heterocycles. The Morgan fingerprint density at radius 3 is 2.52 bits per heavy atom. The number of nitrogens with zero attached hydrogens (tertiary/aromatic N) is 1. The third-order valence-electron chi connectivity index (χ3n) is 3.99. The van der Waals surface area contributed by atoms with Crippen LogP contribution in [0.2, 0.25) is 0 Å². The van der Waals surface area contributed by atoms with Crippen molar-refractivity contribution in [2.45, 2.75) is 56.4 Å². The molecule has 1 aliphatic rings. The predicted molar refractivity (Wildman–Crippen MR) is 86.8 cm³/mol. The Kier molecular flexibility index (Phi) is 5.59. The lowest BCUT2D eigenvalue weighted by Gasteiger charge is -2.06. The summed E-state index contributed by atoms with van der Waals surface area (Å²) in [6.45, 7) is 6.36. The summed E-state index contributed by atoms with van der Waals surface area (Å²) in [4.78, 5) is 0.418. The number of hydrogen-bond acceptors (Lipinski definition) is 2. The van der Waals surface area contributed by atoms with Gasteiger partial charge in [0.05, 0.1) is 4.90 Å². The van der Waals surface area contributed by atoms with Gasteiger partial charge in [0.25, 0.3) is 0 Å². The number of unbranched alkanes of at least 4 members (excludes halogenated alkanes) is 4. The summed E-state index contributed by atoms with van der Waals surface area (Å²) < 4.78 is 26.4. The molecular formula is C17H25NO2S. The first-order valence-electron chi connectivity index (χ1n) is 7.75. The maximum atomic E-state index is 12.4. The molecule has 1 aromatic rings. The minimum absolute atomic E-state index is 0.218. The van der Waals surface area contributed by atoms with E-state index in [4.69, 9.17) is 0 Å². The van der Waals surface area contributed by atoms with Crippen LogP contribution in [0, 0.1) is 6.92 Å². The lowest BCUT2D eigenvalue weighted by Crippen LogP contribution is -2.14. The number of aryl methyl sites for hydroxylation is 1. The van der Waals surface area contributed by atoms with Gasteiger partial charge in [0.2, 0.25) is 10.0 Å². The van der Waals surface area contributed by atoms with Crippen molar-refractivity contribution in [1.29, 1.82) is 0 Å². The van der Waals surface area contributed by atoms with E-state index in [-0.39, 0.29) is 6.04 Å². The van der Waals surface area contributed by atoms with E-state index in [1.54, 1.807) is 16.4 Å². The first-order chi connectivity index (χ1) is 10.1. The maximum absolute atomic E-state index is 12.4. The van der Waals surface area contributed by atoms with E-state index in [2.05, 4.69) is 6.58 Å². The molecule has 3 nitrogen and oxygen atoms in total. The first-order valence-corrected chi connectivity index (χ1v) is 9.19. The van der Waals surface area contributed by atoms with E-state index >= 15 is 0 Å². The van der Waals surface area contributed by atoms with Gasteiger partial charge in [-0.05, 0) is 38.3 Å². The highest BCUT2D eigenvalue weighted by Crippen LogP contribution is 2.31. The average Bonchev–Trinajstić information content (AvgIpc) is 3.23. The van der Waals surface area contributed by atoms with Crippen molar-refractivity contribution in [2.75, 3.05) is 6.54 Å². The zero-order valence-electron chi connectivity index (χ0n) is 12.8. The second-order valence-corrected chi connectivity index (χ2v) is 7.71. The minimum atomic E-state index is -3.26. The normalized spacial score (nSPS) is 21.2. The van der Waals surface area contributed by atoms with Crippen molar-refractivity contribution in [3.8, 4) is 0 Å². The van der Waals surface area contributed by atoms with Gasteiger partial charge in [0.15, 0.2) is 0 Å². The van der Waals surface area contributed by atoms with Crippen LogP contribution in [0.15, 0.2) is 41.8 Å². The summed E-state index contributed by atoms with van der Waals surface area (Å²) in [6.07, 6.45) is 8.72. The molecule has 1 aromatic carbocycles. The van der Waals surface area contributed by atoms with Crippen LogP contribution >= 0.6 is 0 Å². The molecular weight excluding hydrogens is 282 g/mol. The van der Waals surface area contributed by atoms with Crippen LogP contribution in [-0.2, 0) is 10.0 Å². The van der Waals surface area contributed by atoms with Gasteiger partial charge < -0.3 is 0 Å². The summed E-state index contributed by atoms with van der Waals surface area (Å²) in [5.41, 5.74) is 1.08. The van der Waals surface area contributed by atoms with Crippen molar-refractivity contribution >= 4 is 10.0 Å². The van der Waals surface area contributed by atoms with Gasteiger partial charge in [0, 0.05) is 12.6 Å². The van der Waals surface area contributed by atoms with E-state index in [0.717, 1.165) is 24.8 Å². The molecule has 0 aromatic heterocycles. The van der Waals surface area contributed by atoms with Crippen molar-refractivity contribution < 1.29 is 8.42 Å². The summed E-state index contributed by atoms with van der Waals surface area (Å²) in [6, 6.07) is 7.33. The van der Waals surface area contributed by atoms with Crippen LogP contribution in [0.3, 0.4) is 0 Å². The Morgan fingerprint density at radius 1 is 1.19 bits per heavy atom. The average molecular weight is 307 g/mol. The monoisotopic (exact) mass is 307 g/mol. The van der Waals surface area contributed by atoms with Gasteiger partial charge >= 0.3 is 0 Å². The van der Waals surface area contributed by atoms with Gasteiger partial charge in [-0.2, -0.15) is 4.31 Å². The molecule has 1 saturated heterocycles. The van der Waals surface area contributed by atoms with Gasteiger partial charge in [-0.25, -0.2) is 8.42 Å². The highest BCUT2D eigenvalue weighted by atomic mass is 32.2. The van der Waals surface area contributed by atoms with Gasteiger partial charge in [-0.15, -0.1) is 6.58 Å². The maximum Gasteiger partial charge on any atom is 0.243 e. The van der Waals surface area contributed by atoms with Crippen molar-refractivity contribution in [3.05, 3.63) is 42.5 Å². The summed E-state index contributed by atoms with van der Waals surface area (Å²) in [7, 11) is -3.26. The summed E-state index contributed by atoms with van der Waals surface area (Å²) in [5, 5.41) is 0. The molecule has 1 heterocycles. The standard InChI is InChI=1S/C17H25NO2S/c1-3-4-5-6-7-8-9-16-14-18(16)21(19,20)17-12-10-15(2)11-13-17/h3,10-13,16H,1,4-9,14H2,2H3. The number of sulfonamides is 1.